The minimum atomic E-state index is 0.0780. The van der Waals surface area contributed by atoms with Crippen LogP contribution < -0.4 is 10.6 Å². The van der Waals surface area contributed by atoms with E-state index in [0.29, 0.717) is 6.54 Å². The van der Waals surface area contributed by atoms with Crippen LogP contribution in [0.1, 0.15) is 18.2 Å². The Morgan fingerprint density at radius 3 is 2.88 bits per heavy atom. The highest BCUT2D eigenvalue weighted by molar-refractivity contribution is 9.11. The molecule has 5 heteroatoms. The molecule has 0 spiro atoms. The van der Waals surface area contributed by atoms with Gasteiger partial charge in [0.2, 0.25) is 5.91 Å². The molecular weight excluding hydrogens is 288 g/mol. The Morgan fingerprint density at radius 1 is 1.44 bits per heavy atom. The van der Waals surface area contributed by atoms with Gasteiger partial charge in [0.15, 0.2) is 0 Å². The summed E-state index contributed by atoms with van der Waals surface area (Å²) in [5, 5.41) is 5.96. The fourth-order valence-electron chi connectivity index (χ4n) is 1.23. The number of halogens is 1. The lowest BCUT2D eigenvalue weighted by molar-refractivity contribution is -0.120. The number of rotatable bonds is 7. The SMILES string of the molecule is CCCNC(=O)CNCCc1ccc(Br)s1. The predicted molar refractivity (Wildman–Crippen MR) is 71.9 cm³/mol. The fraction of sp³-hybridized carbons (Fsp3) is 0.545. The van der Waals surface area contributed by atoms with E-state index in [-0.39, 0.29) is 5.91 Å². The van der Waals surface area contributed by atoms with Gasteiger partial charge in [0.1, 0.15) is 0 Å². The van der Waals surface area contributed by atoms with Crippen molar-refractivity contribution in [2.45, 2.75) is 19.8 Å². The van der Waals surface area contributed by atoms with Crippen LogP contribution in [-0.4, -0.2) is 25.5 Å². The fourth-order valence-corrected chi connectivity index (χ4v) is 2.71. The van der Waals surface area contributed by atoms with Gasteiger partial charge in [0, 0.05) is 18.0 Å². The first kappa shape index (κ1) is 13.7. The van der Waals surface area contributed by atoms with E-state index >= 15 is 0 Å². The average molecular weight is 305 g/mol. The van der Waals surface area contributed by atoms with Crippen LogP contribution in [0.4, 0.5) is 0 Å². The highest BCUT2D eigenvalue weighted by atomic mass is 79.9. The second kappa shape index (κ2) is 7.81. The van der Waals surface area contributed by atoms with Gasteiger partial charge in [-0.3, -0.25) is 4.79 Å². The molecule has 0 aliphatic carbocycles. The Morgan fingerprint density at radius 2 is 2.25 bits per heavy atom. The summed E-state index contributed by atoms with van der Waals surface area (Å²) in [4.78, 5) is 12.6. The molecule has 0 atom stereocenters. The van der Waals surface area contributed by atoms with E-state index < -0.39 is 0 Å². The first-order valence-corrected chi connectivity index (χ1v) is 7.05. The molecule has 0 saturated carbocycles. The van der Waals surface area contributed by atoms with E-state index in [1.54, 1.807) is 11.3 Å². The monoisotopic (exact) mass is 304 g/mol. The van der Waals surface area contributed by atoms with Crippen molar-refractivity contribution in [2.24, 2.45) is 0 Å². The van der Waals surface area contributed by atoms with Crippen molar-refractivity contribution in [3.8, 4) is 0 Å². The summed E-state index contributed by atoms with van der Waals surface area (Å²) in [6.45, 7) is 4.06. The Hall–Kier alpha value is -0.390. The largest absolute Gasteiger partial charge is 0.355 e. The Bertz CT molecular complexity index is 328. The lowest BCUT2D eigenvalue weighted by atomic mass is 10.3. The third-order valence-electron chi connectivity index (χ3n) is 2.03. The van der Waals surface area contributed by atoms with Crippen molar-refractivity contribution in [1.82, 2.24) is 10.6 Å². The standard InChI is InChI=1S/C11H17BrN2OS/c1-2-6-14-11(15)8-13-7-5-9-3-4-10(12)16-9/h3-4,13H,2,5-8H2,1H3,(H,14,15). The van der Waals surface area contributed by atoms with Crippen molar-refractivity contribution in [1.29, 1.82) is 0 Å². The third kappa shape index (κ3) is 5.63. The van der Waals surface area contributed by atoms with Crippen molar-refractivity contribution >= 4 is 33.2 Å². The van der Waals surface area contributed by atoms with Crippen molar-refractivity contribution < 1.29 is 4.79 Å². The molecule has 0 aromatic carbocycles. The van der Waals surface area contributed by atoms with Crippen LogP contribution in [0.3, 0.4) is 0 Å². The average Bonchev–Trinajstić information content (AvgIpc) is 2.67. The van der Waals surface area contributed by atoms with Gasteiger partial charge < -0.3 is 10.6 Å². The highest BCUT2D eigenvalue weighted by Gasteiger charge is 2.00. The topological polar surface area (TPSA) is 41.1 Å². The summed E-state index contributed by atoms with van der Waals surface area (Å²) < 4.78 is 1.16. The molecule has 0 unspecified atom stereocenters. The van der Waals surface area contributed by atoms with E-state index in [1.807, 2.05) is 13.0 Å². The molecule has 1 rings (SSSR count). The zero-order chi connectivity index (χ0) is 11.8. The van der Waals surface area contributed by atoms with Gasteiger partial charge in [-0.1, -0.05) is 6.92 Å². The third-order valence-corrected chi connectivity index (χ3v) is 3.72. The molecule has 0 aliphatic rings. The molecule has 0 aliphatic heterocycles. The Labute approximate surface area is 109 Å². The van der Waals surface area contributed by atoms with Crippen molar-refractivity contribution in [2.75, 3.05) is 19.6 Å². The quantitative estimate of drug-likeness (QED) is 0.758. The smallest absolute Gasteiger partial charge is 0.233 e. The second-order valence-electron chi connectivity index (χ2n) is 3.48. The van der Waals surface area contributed by atoms with Crippen LogP contribution >= 0.6 is 27.3 Å². The van der Waals surface area contributed by atoms with Crippen molar-refractivity contribution in [3.63, 3.8) is 0 Å². The molecule has 1 heterocycles. The van der Waals surface area contributed by atoms with Gasteiger partial charge in [0.25, 0.3) is 0 Å². The molecular formula is C11H17BrN2OS. The Balaban J connectivity index is 2.05. The number of carbonyl (C=O) groups is 1. The highest BCUT2D eigenvalue weighted by Crippen LogP contribution is 2.21. The number of hydrogen-bond donors (Lipinski definition) is 2. The first-order valence-electron chi connectivity index (χ1n) is 5.44. The zero-order valence-corrected chi connectivity index (χ0v) is 11.8. The zero-order valence-electron chi connectivity index (χ0n) is 9.38. The van der Waals surface area contributed by atoms with E-state index in [2.05, 4.69) is 32.6 Å². The lowest BCUT2D eigenvalue weighted by Gasteiger charge is -2.04. The van der Waals surface area contributed by atoms with E-state index in [9.17, 15) is 4.79 Å². The molecule has 0 fully saturated rings. The van der Waals surface area contributed by atoms with Gasteiger partial charge >= 0.3 is 0 Å². The molecule has 0 radical (unpaired) electrons. The van der Waals surface area contributed by atoms with Crippen LogP contribution in [0.5, 0.6) is 0 Å². The van der Waals surface area contributed by atoms with Crippen LogP contribution in [0.2, 0.25) is 0 Å². The summed E-state index contributed by atoms with van der Waals surface area (Å²) in [6, 6.07) is 4.15. The molecule has 0 bridgehead atoms. The van der Waals surface area contributed by atoms with Crippen molar-refractivity contribution in [3.05, 3.63) is 20.8 Å². The first-order chi connectivity index (χ1) is 7.72. The van der Waals surface area contributed by atoms with Crippen LogP contribution in [-0.2, 0) is 11.2 Å². The minimum Gasteiger partial charge on any atom is -0.355 e. The molecule has 1 aromatic heterocycles. The molecule has 16 heavy (non-hydrogen) atoms. The summed E-state index contributed by atoms with van der Waals surface area (Å²) >= 11 is 5.16. The molecule has 1 aromatic rings. The number of hydrogen-bond acceptors (Lipinski definition) is 3. The van der Waals surface area contributed by atoms with Gasteiger partial charge in [-0.2, -0.15) is 0 Å². The molecule has 3 nitrogen and oxygen atoms in total. The van der Waals surface area contributed by atoms with Crippen LogP contribution in [0.25, 0.3) is 0 Å². The van der Waals surface area contributed by atoms with Gasteiger partial charge in [0.05, 0.1) is 10.3 Å². The van der Waals surface area contributed by atoms with Gasteiger partial charge in [-0.15, -0.1) is 11.3 Å². The summed E-state index contributed by atoms with van der Waals surface area (Å²) in [5.41, 5.74) is 0. The van der Waals surface area contributed by atoms with E-state index in [4.69, 9.17) is 0 Å². The molecule has 0 saturated heterocycles. The summed E-state index contributed by atoms with van der Waals surface area (Å²) in [7, 11) is 0. The van der Waals surface area contributed by atoms with Crippen LogP contribution in [0.15, 0.2) is 15.9 Å². The van der Waals surface area contributed by atoms with Crippen LogP contribution in [0, 0.1) is 0 Å². The normalized spacial score (nSPS) is 10.4. The molecule has 2 N–H and O–H groups in total. The van der Waals surface area contributed by atoms with E-state index in [0.717, 1.165) is 29.7 Å². The number of thiophene rings is 1. The summed E-state index contributed by atoms with van der Waals surface area (Å²) in [5.74, 6) is 0.0780. The Kier molecular flexibility index (Phi) is 6.68. The lowest BCUT2D eigenvalue weighted by Crippen LogP contribution is -2.34. The predicted octanol–water partition coefficient (Wildman–Crippen LogP) is 2.17. The number of carbonyl (C=O) groups excluding carboxylic acids is 1. The maximum Gasteiger partial charge on any atom is 0.233 e. The minimum absolute atomic E-state index is 0.0780. The number of amides is 1. The maximum absolute atomic E-state index is 11.2. The van der Waals surface area contributed by atoms with E-state index in [1.165, 1.54) is 4.88 Å². The molecule has 90 valence electrons. The number of nitrogens with one attached hydrogen (secondary N) is 2. The maximum atomic E-state index is 11.2. The molecule has 1 amide bonds. The second-order valence-corrected chi connectivity index (χ2v) is 6.03. The van der Waals surface area contributed by atoms with Gasteiger partial charge in [-0.25, -0.2) is 0 Å². The van der Waals surface area contributed by atoms with Gasteiger partial charge in [-0.05, 0) is 40.9 Å². The summed E-state index contributed by atoms with van der Waals surface area (Å²) in [6.07, 6.45) is 1.95.